The van der Waals surface area contributed by atoms with E-state index < -0.39 is 12.8 Å². The molecule has 2 nitrogen and oxygen atoms in total. The lowest BCUT2D eigenvalue weighted by molar-refractivity contribution is -0.153. The van der Waals surface area contributed by atoms with Gasteiger partial charge in [0.1, 0.15) is 5.75 Å². The molecule has 6 heteroatoms. The maximum atomic E-state index is 11.8. The maximum Gasteiger partial charge on any atom is 0.422 e. The Kier molecular flexibility index (Phi) is 5.61. The summed E-state index contributed by atoms with van der Waals surface area (Å²) in [6.07, 6.45) is -4.31. The van der Waals surface area contributed by atoms with E-state index in [1.54, 1.807) is 19.1 Å². The van der Waals surface area contributed by atoms with Crippen LogP contribution in [0, 0.1) is 0 Å². The van der Waals surface area contributed by atoms with Crippen LogP contribution in [0.25, 0.3) is 0 Å². The normalized spacial score (nSPS) is 12.8. The lowest BCUT2D eigenvalue weighted by Gasteiger charge is -2.10. The van der Waals surface area contributed by atoms with Gasteiger partial charge in [0.05, 0.1) is 0 Å². The van der Waals surface area contributed by atoms with Crippen molar-refractivity contribution in [1.82, 2.24) is 0 Å². The topological polar surface area (TPSA) is 35.2 Å². The van der Waals surface area contributed by atoms with E-state index in [-0.39, 0.29) is 24.2 Å². The minimum Gasteiger partial charge on any atom is -0.484 e. The first kappa shape index (κ1) is 15.1. The number of rotatable bonds is 3. The van der Waals surface area contributed by atoms with Crippen molar-refractivity contribution in [1.29, 1.82) is 0 Å². The summed E-state index contributed by atoms with van der Waals surface area (Å²) in [7, 11) is 0. The van der Waals surface area contributed by atoms with E-state index >= 15 is 0 Å². The molecule has 0 radical (unpaired) electrons. The van der Waals surface area contributed by atoms with Gasteiger partial charge in [-0.05, 0) is 24.6 Å². The highest BCUT2D eigenvalue weighted by molar-refractivity contribution is 5.85. The monoisotopic (exact) mass is 255 g/mol. The largest absolute Gasteiger partial charge is 0.484 e. The standard InChI is InChI=1S/C10H12F3NO.ClH/c1-7(14)8-2-4-9(5-3-8)15-6-10(11,12)13;/h2-5,7H,6,14H2,1H3;1H/t7-;/m1./s1. The van der Waals surface area contributed by atoms with E-state index in [2.05, 4.69) is 4.74 Å². The van der Waals surface area contributed by atoms with Crippen LogP contribution in [0.3, 0.4) is 0 Å². The molecule has 1 atom stereocenters. The highest BCUT2D eigenvalue weighted by atomic mass is 35.5. The first-order valence-corrected chi connectivity index (χ1v) is 4.43. The molecule has 0 heterocycles. The third-order valence-electron chi connectivity index (χ3n) is 1.81. The van der Waals surface area contributed by atoms with Gasteiger partial charge in [0.2, 0.25) is 0 Å². The Morgan fingerprint density at radius 1 is 1.25 bits per heavy atom. The molecular formula is C10H13ClF3NO. The third-order valence-corrected chi connectivity index (χ3v) is 1.81. The molecule has 16 heavy (non-hydrogen) atoms. The molecule has 2 N–H and O–H groups in total. The van der Waals surface area contributed by atoms with E-state index in [1.165, 1.54) is 12.1 Å². The highest BCUT2D eigenvalue weighted by Gasteiger charge is 2.28. The van der Waals surface area contributed by atoms with Gasteiger partial charge in [-0.1, -0.05) is 12.1 Å². The lowest BCUT2D eigenvalue weighted by atomic mass is 10.1. The molecule has 1 rings (SSSR count). The van der Waals surface area contributed by atoms with Crippen LogP contribution in [0.4, 0.5) is 13.2 Å². The van der Waals surface area contributed by atoms with Gasteiger partial charge in [-0.3, -0.25) is 0 Å². The summed E-state index contributed by atoms with van der Waals surface area (Å²) >= 11 is 0. The van der Waals surface area contributed by atoms with Crippen LogP contribution in [-0.4, -0.2) is 12.8 Å². The minimum absolute atomic E-state index is 0. The number of hydrogen-bond acceptors (Lipinski definition) is 2. The number of nitrogens with two attached hydrogens (primary N) is 1. The predicted octanol–water partition coefficient (Wildman–Crippen LogP) is 3.07. The Morgan fingerprint density at radius 3 is 2.12 bits per heavy atom. The van der Waals surface area contributed by atoms with Crippen molar-refractivity contribution in [2.75, 3.05) is 6.61 Å². The van der Waals surface area contributed by atoms with Crippen LogP contribution in [-0.2, 0) is 0 Å². The molecule has 0 spiro atoms. The van der Waals surface area contributed by atoms with Gasteiger partial charge in [-0.15, -0.1) is 12.4 Å². The van der Waals surface area contributed by atoms with Crippen molar-refractivity contribution in [2.24, 2.45) is 5.73 Å². The molecular weight excluding hydrogens is 243 g/mol. The molecule has 1 aromatic carbocycles. The van der Waals surface area contributed by atoms with Crippen LogP contribution in [0.5, 0.6) is 5.75 Å². The second-order valence-corrected chi connectivity index (χ2v) is 3.26. The number of hydrogen-bond donors (Lipinski definition) is 1. The van der Waals surface area contributed by atoms with Gasteiger partial charge >= 0.3 is 6.18 Å². The molecule has 0 saturated carbocycles. The van der Waals surface area contributed by atoms with Gasteiger partial charge in [-0.2, -0.15) is 13.2 Å². The first-order chi connectivity index (χ1) is 6.88. The fourth-order valence-electron chi connectivity index (χ4n) is 1.03. The van der Waals surface area contributed by atoms with Crippen molar-refractivity contribution in [3.8, 4) is 5.75 Å². The Balaban J connectivity index is 0.00000225. The smallest absolute Gasteiger partial charge is 0.422 e. The van der Waals surface area contributed by atoms with Crippen LogP contribution in [0.15, 0.2) is 24.3 Å². The summed E-state index contributed by atoms with van der Waals surface area (Å²) < 4.78 is 40.0. The zero-order valence-corrected chi connectivity index (χ0v) is 9.44. The average molecular weight is 256 g/mol. The summed E-state index contributed by atoms with van der Waals surface area (Å²) in [4.78, 5) is 0. The lowest BCUT2D eigenvalue weighted by Crippen LogP contribution is -2.19. The van der Waals surface area contributed by atoms with Crippen LogP contribution in [0.1, 0.15) is 18.5 Å². The highest BCUT2D eigenvalue weighted by Crippen LogP contribution is 2.20. The summed E-state index contributed by atoms with van der Waals surface area (Å²) in [5.74, 6) is 0.191. The molecule has 0 unspecified atom stereocenters. The number of halogens is 4. The van der Waals surface area contributed by atoms with E-state index in [9.17, 15) is 13.2 Å². The van der Waals surface area contributed by atoms with Crippen molar-refractivity contribution in [3.05, 3.63) is 29.8 Å². The van der Waals surface area contributed by atoms with Crippen molar-refractivity contribution >= 4 is 12.4 Å². The van der Waals surface area contributed by atoms with Crippen LogP contribution < -0.4 is 10.5 Å². The quantitative estimate of drug-likeness (QED) is 0.901. The molecule has 0 aromatic heterocycles. The van der Waals surface area contributed by atoms with Gasteiger partial charge in [0, 0.05) is 6.04 Å². The molecule has 0 aliphatic carbocycles. The van der Waals surface area contributed by atoms with Crippen molar-refractivity contribution in [2.45, 2.75) is 19.1 Å². The zero-order valence-electron chi connectivity index (χ0n) is 8.62. The maximum absolute atomic E-state index is 11.8. The van der Waals surface area contributed by atoms with E-state index in [4.69, 9.17) is 5.73 Å². The third kappa shape index (κ3) is 5.23. The molecule has 1 aromatic rings. The molecule has 92 valence electrons. The van der Waals surface area contributed by atoms with Crippen molar-refractivity contribution < 1.29 is 17.9 Å². The molecule has 0 amide bonds. The molecule has 0 aliphatic rings. The van der Waals surface area contributed by atoms with Crippen LogP contribution >= 0.6 is 12.4 Å². The molecule has 0 fully saturated rings. The van der Waals surface area contributed by atoms with E-state index in [1.807, 2.05) is 0 Å². The number of benzene rings is 1. The number of alkyl halides is 3. The zero-order chi connectivity index (χ0) is 11.5. The van der Waals surface area contributed by atoms with Gasteiger partial charge < -0.3 is 10.5 Å². The van der Waals surface area contributed by atoms with E-state index in [0.717, 1.165) is 5.56 Å². The molecule has 0 bridgehead atoms. The fourth-order valence-corrected chi connectivity index (χ4v) is 1.03. The van der Waals surface area contributed by atoms with E-state index in [0.29, 0.717) is 0 Å². The second kappa shape index (κ2) is 5.96. The second-order valence-electron chi connectivity index (χ2n) is 3.26. The summed E-state index contributed by atoms with van der Waals surface area (Å²) in [6.45, 7) is 0.524. The van der Waals surface area contributed by atoms with Gasteiger partial charge in [0.25, 0.3) is 0 Å². The summed E-state index contributed by atoms with van der Waals surface area (Å²) in [5, 5.41) is 0. The van der Waals surface area contributed by atoms with Gasteiger partial charge in [-0.25, -0.2) is 0 Å². The summed E-state index contributed by atoms with van der Waals surface area (Å²) in [6, 6.07) is 6.11. The Labute approximate surface area is 98.0 Å². The Hall–Kier alpha value is -0.940. The first-order valence-electron chi connectivity index (χ1n) is 4.43. The fraction of sp³-hybridized carbons (Fsp3) is 0.400. The summed E-state index contributed by atoms with van der Waals surface area (Å²) in [5.41, 5.74) is 6.44. The number of ether oxygens (including phenoxy) is 1. The Morgan fingerprint density at radius 2 is 1.75 bits per heavy atom. The average Bonchev–Trinajstić information content (AvgIpc) is 2.14. The molecule has 0 aliphatic heterocycles. The van der Waals surface area contributed by atoms with Crippen molar-refractivity contribution in [3.63, 3.8) is 0 Å². The minimum atomic E-state index is -4.31. The molecule has 0 saturated heterocycles. The SMILES string of the molecule is C[C@@H](N)c1ccc(OCC(F)(F)F)cc1.Cl. The Bertz CT molecular complexity index is 311. The van der Waals surface area contributed by atoms with Crippen LogP contribution in [0.2, 0.25) is 0 Å². The predicted molar refractivity (Wildman–Crippen MR) is 57.8 cm³/mol. The van der Waals surface area contributed by atoms with Gasteiger partial charge in [0.15, 0.2) is 6.61 Å².